The fourth-order valence-corrected chi connectivity index (χ4v) is 3.27. The fraction of sp³-hybridized carbons (Fsp3) is 0.375. The van der Waals surface area contributed by atoms with Gasteiger partial charge in [0.05, 0.1) is 0 Å². The first-order valence-corrected chi connectivity index (χ1v) is 8.32. The van der Waals surface area contributed by atoms with Crippen LogP contribution >= 0.6 is 23.2 Å². The Labute approximate surface area is 145 Å². The van der Waals surface area contributed by atoms with E-state index in [1.165, 1.54) is 11.3 Å². The lowest BCUT2D eigenvalue weighted by Crippen LogP contribution is -2.23. The minimum atomic E-state index is 0.183. The van der Waals surface area contributed by atoms with E-state index in [1.54, 1.807) is 6.07 Å². The monoisotopic (exact) mass is 351 g/mol. The van der Waals surface area contributed by atoms with Crippen molar-refractivity contribution in [1.29, 1.82) is 0 Å². The summed E-state index contributed by atoms with van der Waals surface area (Å²) in [6.07, 6.45) is 1.12. The molecule has 1 aliphatic heterocycles. The van der Waals surface area contributed by atoms with Crippen molar-refractivity contribution >= 4 is 40.7 Å². The average molecular weight is 352 g/mol. The molecule has 2 heterocycles. The molecular formula is C16H19Cl2N5. The number of nitrogens with two attached hydrogens (primary N) is 1. The van der Waals surface area contributed by atoms with Crippen LogP contribution in [0.5, 0.6) is 0 Å². The third kappa shape index (κ3) is 3.98. The van der Waals surface area contributed by atoms with Crippen molar-refractivity contribution < 1.29 is 0 Å². The predicted molar refractivity (Wildman–Crippen MR) is 96.5 cm³/mol. The SMILES string of the molecule is Cc1ccc(Cl)cc1N1CCC(CNc2cc(Cl)nc(N)n2)C1. The lowest BCUT2D eigenvalue weighted by Gasteiger charge is -2.21. The van der Waals surface area contributed by atoms with E-state index in [0.29, 0.717) is 16.9 Å². The molecule has 7 heteroatoms. The molecule has 3 N–H and O–H groups in total. The highest BCUT2D eigenvalue weighted by Gasteiger charge is 2.23. The summed E-state index contributed by atoms with van der Waals surface area (Å²) in [7, 11) is 0. The van der Waals surface area contributed by atoms with E-state index in [9.17, 15) is 0 Å². The van der Waals surface area contributed by atoms with Crippen LogP contribution in [0.25, 0.3) is 0 Å². The van der Waals surface area contributed by atoms with E-state index in [1.807, 2.05) is 12.1 Å². The Morgan fingerprint density at radius 2 is 2.13 bits per heavy atom. The van der Waals surface area contributed by atoms with Crippen LogP contribution in [0.2, 0.25) is 10.2 Å². The zero-order valence-corrected chi connectivity index (χ0v) is 14.4. The zero-order chi connectivity index (χ0) is 16.4. The lowest BCUT2D eigenvalue weighted by molar-refractivity contribution is 0.621. The standard InChI is InChI=1S/C16H19Cl2N5/c1-10-2-3-12(17)6-13(10)23-5-4-11(9-23)8-20-15-7-14(18)21-16(19)22-15/h2-3,6-7,11H,4-5,8-9H2,1H3,(H3,19,20,21,22). The number of rotatable bonds is 4. The van der Waals surface area contributed by atoms with Crippen molar-refractivity contribution in [3.63, 3.8) is 0 Å². The van der Waals surface area contributed by atoms with Gasteiger partial charge in [0.2, 0.25) is 5.95 Å². The van der Waals surface area contributed by atoms with Gasteiger partial charge in [-0.25, -0.2) is 4.98 Å². The molecule has 1 aliphatic rings. The molecule has 0 radical (unpaired) electrons. The highest BCUT2D eigenvalue weighted by Crippen LogP contribution is 2.29. The van der Waals surface area contributed by atoms with Crippen molar-refractivity contribution in [2.24, 2.45) is 5.92 Å². The molecule has 1 fully saturated rings. The molecule has 0 bridgehead atoms. The summed E-state index contributed by atoms with van der Waals surface area (Å²) in [6, 6.07) is 7.72. The van der Waals surface area contributed by atoms with Gasteiger partial charge in [-0.2, -0.15) is 4.98 Å². The van der Waals surface area contributed by atoms with Crippen LogP contribution in [0, 0.1) is 12.8 Å². The quantitative estimate of drug-likeness (QED) is 0.823. The van der Waals surface area contributed by atoms with Crippen LogP contribution in [-0.2, 0) is 0 Å². The highest BCUT2D eigenvalue weighted by atomic mass is 35.5. The Morgan fingerprint density at radius 3 is 2.91 bits per heavy atom. The lowest BCUT2D eigenvalue weighted by atomic mass is 10.1. The maximum atomic E-state index is 6.12. The maximum absolute atomic E-state index is 6.12. The Bertz CT molecular complexity index is 687. The van der Waals surface area contributed by atoms with Crippen LogP contribution in [0.4, 0.5) is 17.5 Å². The second-order valence-electron chi connectivity index (χ2n) is 5.85. The van der Waals surface area contributed by atoms with E-state index >= 15 is 0 Å². The molecule has 5 nitrogen and oxygen atoms in total. The molecule has 1 saturated heterocycles. The van der Waals surface area contributed by atoms with Gasteiger partial charge in [-0.3, -0.25) is 0 Å². The molecule has 0 spiro atoms. The predicted octanol–water partition coefficient (Wildman–Crippen LogP) is 3.61. The second kappa shape index (κ2) is 6.81. The van der Waals surface area contributed by atoms with Crippen molar-refractivity contribution in [3.05, 3.63) is 40.0 Å². The summed E-state index contributed by atoms with van der Waals surface area (Å²) in [5.74, 6) is 1.38. The van der Waals surface area contributed by atoms with E-state index < -0.39 is 0 Å². The summed E-state index contributed by atoms with van der Waals surface area (Å²) in [6.45, 7) is 4.95. The number of nitrogen functional groups attached to an aromatic ring is 1. The number of halogens is 2. The van der Waals surface area contributed by atoms with E-state index in [0.717, 1.165) is 31.1 Å². The van der Waals surface area contributed by atoms with E-state index in [4.69, 9.17) is 28.9 Å². The Morgan fingerprint density at radius 1 is 1.30 bits per heavy atom. The molecule has 1 atom stereocenters. The Hall–Kier alpha value is -1.72. The largest absolute Gasteiger partial charge is 0.371 e. The first kappa shape index (κ1) is 16.1. The van der Waals surface area contributed by atoms with Gasteiger partial charge >= 0.3 is 0 Å². The number of hydrogen-bond acceptors (Lipinski definition) is 5. The number of benzene rings is 1. The summed E-state index contributed by atoms with van der Waals surface area (Å²) in [5.41, 5.74) is 8.07. The van der Waals surface area contributed by atoms with Crippen molar-refractivity contribution in [3.8, 4) is 0 Å². The van der Waals surface area contributed by atoms with Gasteiger partial charge in [-0.15, -0.1) is 0 Å². The maximum Gasteiger partial charge on any atom is 0.223 e. The molecular weight excluding hydrogens is 333 g/mol. The number of anilines is 3. The number of aryl methyl sites for hydroxylation is 1. The topological polar surface area (TPSA) is 67.1 Å². The summed E-state index contributed by atoms with van der Waals surface area (Å²) < 4.78 is 0. The molecule has 0 amide bonds. The van der Waals surface area contributed by atoms with Crippen LogP contribution < -0.4 is 16.0 Å². The normalized spacial score (nSPS) is 17.5. The van der Waals surface area contributed by atoms with Gasteiger partial charge in [-0.1, -0.05) is 29.3 Å². The van der Waals surface area contributed by atoms with Crippen molar-refractivity contribution in [2.45, 2.75) is 13.3 Å². The molecule has 2 aromatic rings. The smallest absolute Gasteiger partial charge is 0.223 e. The van der Waals surface area contributed by atoms with E-state index in [-0.39, 0.29) is 5.95 Å². The minimum Gasteiger partial charge on any atom is -0.371 e. The molecule has 0 aliphatic carbocycles. The second-order valence-corrected chi connectivity index (χ2v) is 6.67. The van der Waals surface area contributed by atoms with Gasteiger partial charge < -0.3 is 16.0 Å². The highest BCUT2D eigenvalue weighted by molar-refractivity contribution is 6.31. The first-order valence-electron chi connectivity index (χ1n) is 7.56. The molecule has 0 saturated carbocycles. The number of nitrogens with zero attached hydrogens (tertiary/aromatic N) is 3. The van der Waals surface area contributed by atoms with Gasteiger partial charge in [0, 0.05) is 36.4 Å². The van der Waals surface area contributed by atoms with Crippen LogP contribution in [0.15, 0.2) is 24.3 Å². The number of aromatic nitrogens is 2. The third-order valence-corrected chi connectivity index (χ3v) is 4.51. The van der Waals surface area contributed by atoms with Crippen LogP contribution in [-0.4, -0.2) is 29.6 Å². The van der Waals surface area contributed by atoms with Crippen LogP contribution in [0.1, 0.15) is 12.0 Å². The van der Waals surface area contributed by atoms with Gasteiger partial charge in [0.1, 0.15) is 11.0 Å². The molecule has 1 aromatic heterocycles. The van der Waals surface area contributed by atoms with Gasteiger partial charge in [0.15, 0.2) is 0 Å². The average Bonchev–Trinajstić information content (AvgIpc) is 2.95. The van der Waals surface area contributed by atoms with Gasteiger partial charge in [-0.05, 0) is 37.0 Å². The molecule has 1 aromatic carbocycles. The zero-order valence-electron chi connectivity index (χ0n) is 12.9. The first-order chi connectivity index (χ1) is 11.0. The number of nitrogens with one attached hydrogen (secondary N) is 1. The summed E-state index contributed by atoms with van der Waals surface area (Å²) in [4.78, 5) is 10.4. The molecule has 1 unspecified atom stereocenters. The van der Waals surface area contributed by atoms with Crippen LogP contribution in [0.3, 0.4) is 0 Å². The fourth-order valence-electron chi connectivity index (χ4n) is 2.92. The van der Waals surface area contributed by atoms with Crippen molar-refractivity contribution in [2.75, 3.05) is 35.6 Å². The van der Waals surface area contributed by atoms with Gasteiger partial charge in [0.25, 0.3) is 0 Å². The summed E-state index contributed by atoms with van der Waals surface area (Å²) >= 11 is 12.0. The summed E-state index contributed by atoms with van der Waals surface area (Å²) in [5, 5.41) is 4.42. The Balaban J connectivity index is 1.60. The van der Waals surface area contributed by atoms with E-state index in [2.05, 4.69) is 33.2 Å². The molecule has 122 valence electrons. The Kier molecular flexibility index (Phi) is 4.78. The van der Waals surface area contributed by atoms with Crippen molar-refractivity contribution in [1.82, 2.24) is 9.97 Å². The molecule has 3 rings (SSSR count). The third-order valence-electron chi connectivity index (χ3n) is 4.08. The number of hydrogen-bond donors (Lipinski definition) is 2. The minimum absolute atomic E-state index is 0.183. The molecule has 23 heavy (non-hydrogen) atoms.